The van der Waals surface area contributed by atoms with Crippen molar-refractivity contribution in [2.45, 2.75) is 31.5 Å². The summed E-state index contributed by atoms with van der Waals surface area (Å²) in [5.41, 5.74) is -0.996. The van der Waals surface area contributed by atoms with Crippen LogP contribution in [-0.2, 0) is 27.0 Å². The second-order valence-electron chi connectivity index (χ2n) is 6.66. The molecule has 30 heavy (non-hydrogen) atoms. The van der Waals surface area contributed by atoms with E-state index in [-0.39, 0.29) is 41.6 Å². The van der Waals surface area contributed by atoms with E-state index in [9.17, 15) is 21.6 Å². The number of halogens is 3. The van der Waals surface area contributed by atoms with Gasteiger partial charge in [-0.1, -0.05) is 0 Å². The monoisotopic (exact) mass is 440 g/mol. The van der Waals surface area contributed by atoms with Crippen molar-refractivity contribution in [3.8, 4) is 23.6 Å². The Kier molecular flexibility index (Phi) is 5.74. The lowest BCUT2D eigenvalue weighted by Gasteiger charge is -2.11. The molecule has 12 heteroatoms. The molecule has 0 radical (unpaired) electrons. The normalized spacial score (nSPS) is 14.2. The summed E-state index contributed by atoms with van der Waals surface area (Å²) in [6.07, 6.45) is -2.77. The number of benzene rings is 1. The fourth-order valence-electron chi connectivity index (χ4n) is 2.85. The molecule has 0 atom stereocenters. The molecule has 8 nitrogen and oxygen atoms in total. The van der Waals surface area contributed by atoms with Crippen molar-refractivity contribution >= 4 is 10.1 Å². The lowest BCUT2D eigenvalue weighted by atomic mass is 10.1. The minimum atomic E-state index is -4.84. The van der Waals surface area contributed by atoms with E-state index < -0.39 is 27.7 Å². The van der Waals surface area contributed by atoms with Gasteiger partial charge in [-0.3, -0.25) is 8.86 Å². The Bertz CT molecular complexity index is 1120. The summed E-state index contributed by atoms with van der Waals surface area (Å²) in [7, 11) is -3.76. The highest BCUT2D eigenvalue weighted by Crippen LogP contribution is 2.49. The van der Waals surface area contributed by atoms with Crippen molar-refractivity contribution in [2.75, 3.05) is 12.9 Å². The molecule has 1 aromatic carbocycles. The summed E-state index contributed by atoms with van der Waals surface area (Å²) in [5.74, 6) is -0.871. The summed E-state index contributed by atoms with van der Waals surface area (Å²) < 4.78 is 74.4. The molecule has 0 N–H and O–H groups in total. The Morgan fingerprint density at radius 3 is 2.27 bits per heavy atom. The van der Waals surface area contributed by atoms with Gasteiger partial charge in [-0.25, -0.2) is 0 Å². The van der Waals surface area contributed by atoms with Crippen molar-refractivity contribution in [2.24, 2.45) is 0 Å². The van der Waals surface area contributed by atoms with Crippen molar-refractivity contribution < 1.29 is 30.5 Å². The van der Waals surface area contributed by atoms with Gasteiger partial charge in [0, 0.05) is 5.92 Å². The minimum absolute atomic E-state index is 0.0551. The highest BCUT2D eigenvalue weighted by Gasteiger charge is 2.44. The van der Waals surface area contributed by atoms with Gasteiger partial charge in [0.2, 0.25) is 5.69 Å². The first-order chi connectivity index (χ1) is 14.0. The van der Waals surface area contributed by atoms with Gasteiger partial charge in [0.1, 0.15) is 5.75 Å². The van der Waals surface area contributed by atoms with Gasteiger partial charge in [0.15, 0.2) is 5.75 Å². The van der Waals surface area contributed by atoms with Crippen LogP contribution >= 0.6 is 0 Å². The number of aromatic nitrogens is 2. The van der Waals surface area contributed by atoms with Crippen LogP contribution in [0, 0.1) is 22.7 Å². The topological polar surface area (TPSA) is 118 Å². The van der Waals surface area contributed by atoms with Gasteiger partial charge in [-0.2, -0.15) is 37.2 Å². The van der Waals surface area contributed by atoms with Crippen LogP contribution in [0.15, 0.2) is 18.2 Å². The van der Waals surface area contributed by atoms with Crippen LogP contribution < -0.4 is 4.74 Å². The molecule has 0 unspecified atom stereocenters. The zero-order chi connectivity index (χ0) is 22.1. The largest absolute Gasteiger partial charge is 0.453 e. The molecule has 3 rings (SSSR count). The maximum absolute atomic E-state index is 13.6. The first kappa shape index (κ1) is 21.6. The van der Waals surface area contributed by atoms with E-state index in [2.05, 4.69) is 9.28 Å². The molecule has 0 spiro atoms. The van der Waals surface area contributed by atoms with Gasteiger partial charge >= 0.3 is 6.18 Å². The predicted molar refractivity (Wildman–Crippen MR) is 95.9 cm³/mol. The molecule has 0 bridgehead atoms. The maximum atomic E-state index is 13.6. The van der Waals surface area contributed by atoms with E-state index in [4.69, 9.17) is 15.3 Å². The third kappa shape index (κ3) is 5.09. The quantitative estimate of drug-likeness (QED) is 0.606. The second-order valence-corrected chi connectivity index (χ2v) is 8.30. The summed E-state index contributed by atoms with van der Waals surface area (Å²) in [5, 5.41) is 21.8. The molecule has 1 aromatic heterocycles. The molecule has 1 heterocycles. The van der Waals surface area contributed by atoms with E-state index >= 15 is 0 Å². The Balaban J connectivity index is 2.04. The van der Waals surface area contributed by atoms with E-state index in [1.54, 1.807) is 0 Å². The summed E-state index contributed by atoms with van der Waals surface area (Å²) in [4.78, 5) is 0. The molecule has 1 aliphatic rings. The average molecular weight is 440 g/mol. The highest BCUT2D eigenvalue weighted by molar-refractivity contribution is 7.85. The molecular weight excluding hydrogens is 425 g/mol. The number of nitrogens with zero attached hydrogens (tertiary/aromatic N) is 4. The number of alkyl halides is 3. The van der Waals surface area contributed by atoms with Crippen LogP contribution in [0.5, 0.6) is 11.5 Å². The molecule has 1 fully saturated rings. The molecule has 2 aromatic rings. The van der Waals surface area contributed by atoms with Crippen LogP contribution in [-0.4, -0.2) is 31.1 Å². The third-order valence-electron chi connectivity index (χ3n) is 4.16. The lowest BCUT2D eigenvalue weighted by molar-refractivity contribution is -0.142. The number of rotatable bonds is 7. The lowest BCUT2D eigenvalue weighted by Crippen LogP contribution is -2.14. The molecule has 1 saturated carbocycles. The van der Waals surface area contributed by atoms with Gasteiger partial charge < -0.3 is 4.74 Å². The number of ether oxygens (including phenoxy) is 1. The van der Waals surface area contributed by atoms with E-state index in [0.717, 1.165) is 10.9 Å². The van der Waals surface area contributed by atoms with Gasteiger partial charge in [0.25, 0.3) is 10.1 Å². The van der Waals surface area contributed by atoms with Gasteiger partial charge in [-0.15, -0.1) is 0 Å². The Labute approximate surface area is 170 Å². The van der Waals surface area contributed by atoms with Crippen molar-refractivity contribution in [3.05, 3.63) is 40.7 Å². The van der Waals surface area contributed by atoms with Crippen molar-refractivity contribution in [3.63, 3.8) is 0 Å². The molecular formula is C18H15F3N4O4S. The number of nitriles is 2. The van der Waals surface area contributed by atoms with E-state index in [0.29, 0.717) is 12.8 Å². The van der Waals surface area contributed by atoms with Crippen molar-refractivity contribution in [1.82, 2.24) is 9.78 Å². The summed E-state index contributed by atoms with van der Waals surface area (Å²) in [6, 6.07) is 7.38. The molecule has 0 saturated heterocycles. The SMILES string of the molecule is CS(=O)(=O)OCCn1nc(C(F)(F)F)c(Oc2cc(C#N)cc(C#N)c2)c1C1CC1. The first-order valence-electron chi connectivity index (χ1n) is 8.67. The predicted octanol–water partition coefficient (Wildman–Crippen LogP) is 3.29. The fraction of sp³-hybridized carbons (Fsp3) is 0.389. The summed E-state index contributed by atoms with van der Waals surface area (Å²) in [6.45, 7) is -0.619. The van der Waals surface area contributed by atoms with E-state index in [1.165, 1.54) is 18.2 Å². The smallest absolute Gasteiger partial charge is 0.438 e. The second kappa shape index (κ2) is 7.97. The van der Waals surface area contributed by atoms with E-state index in [1.807, 2.05) is 12.1 Å². The first-order valence-corrected chi connectivity index (χ1v) is 10.5. The van der Waals surface area contributed by atoms with Crippen LogP contribution in [0.3, 0.4) is 0 Å². The standard InChI is InChI=1S/C18H15F3N4O4S/c1-30(26,27)28-5-4-25-15(13-2-3-13)16(17(24-25)18(19,20)21)29-14-7-11(9-22)6-12(8-14)10-23/h6-8,13H,2-5H2,1H3. The average Bonchev–Trinajstić information content (AvgIpc) is 3.42. The molecule has 0 amide bonds. The minimum Gasteiger partial charge on any atom is -0.453 e. The third-order valence-corrected chi connectivity index (χ3v) is 4.76. The van der Waals surface area contributed by atoms with Crippen LogP contribution in [0.4, 0.5) is 13.2 Å². The van der Waals surface area contributed by atoms with Crippen molar-refractivity contribution in [1.29, 1.82) is 10.5 Å². The maximum Gasteiger partial charge on any atom is 0.438 e. The highest BCUT2D eigenvalue weighted by atomic mass is 32.2. The number of hydrogen-bond acceptors (Lipinski definition) is 7. The van der Waals surface area contributed by atoms with Crippen LogP contribution in [0.2, 0.25) is 0 Å². The zero-order valence-electron chi connectivity index (χ0n) is 15.6. The Morgan fingerprint density at radius 2 is 1.80 bits per heavy atom. The van der Waals surface area contributed by atoms with Crippen LogP contribution in [0.25, 0.3) is 0 Å². The Hall–Kier alpha value is -3.09. The summed E-state index contributed by atoms with van der Waals surface area (Å²) >= 11 is 0. The fourth-order valence-corrected chi connectivity index (χ4v) is 3.23. The zero-order valence-corrected chi connectivity index (χ0v) is 16.4. The molecule has 158 valence electrons. The Morgan fingerprint density at radius 1 is 1.20 bits per heavy atom. The van der Waals surface area contributed by atoms with Crippen LogP contribution in [0.1, 0.15) is 41.3 Å². The number of hydrogen-bond donors (Lipinski definition) is 0. The molecule has 0 aliphatic heterocycles. The van der Waals surface area contributed by atoms with Gasteiger partial charge in [-0.05, 0) is 31.0 Å². The van der Waals surface area contributed by atoms with Gasteiger partial charge in [0.05, 0.1) is 48.4 Å². The molecule has 1 aliphatic carbocycles.